The quantitative estimate of drug-likeness (QED) is 0.132. The van der Waals surface area contributed by atoms with E-state index < -0.39 is 0 Å². The summed E-state index contributed by atoms with van der Waals surface area (Å²) in [6.07, 6.45) is 0.664. The third kappa shape index (κ3) is 6.46. The zero-order chi connectivity index (χ0) is 32.2. The third-order valence-electron chi connectivity index (χ3n) is 7.81. The molecule has 0 radical (unpaired) electrons. The normalized spacial score (nSPS) is 11.1. The highest BCUT2D eigenvalue weighted by Crippen LogP contribution is 2.36. The summed E-state index contributed by atoms with van der Waals surface area (Å²) in [4.78, 5) is 17.4. The first-order chi connectivity index (χ1) is 22.3. The summed E-state index contributed by atoms with van der Waals surface area (Å²) >= 11 is 1.68. The lowest BCUT2D eigenvalue weighted by molar-refractivity contribution is 0.0923. The van der Waals surface area contributed by atoms with Crippen molar-refractivity contribution in [2.75, 3.05) is 27.4 Å². The molecule has 2 heterocycles. The van der Waals surface area contributed by atoms with Gasteiger partial charge in [0.05, 0.1) is 49.0 Å². The highest BCUT2D eigenvalue weighted by atomic mass is 32.1. The molecule has 0 unspecified atom stereocenters. The predicted molar refractivity (Wildman–Crippen MR) is 183 cm³/mol. The number of methoxy groups -OCH3 is 2. The number of ether oxygens (including phenoxy) is 4. The van der Waals surface area contributed by atoms with Gasteiger partial charge in [-0.3, -0.25) is 4.79 Å². The van der Waals surface area contributed by atoms with E-state index in [0.717, 1.165) is 49.8 Å². The summed E-state index contributed by atoms with van der Waals surface area (Å²) in [6.45, 7) is 6.46. The summed E-state index contributed by atoms with van der Waals surface area (Å²) in [5, 5.41) is 5.63. The van der Waals surface area contributed by atoms with E-state index in [0.29, 0.717) is 42.5 Å². The number of fused-ring (bicyclic) bond motifs is 1. The summed E-state index contributed by atoms with van der Waals surface area (Å²) < 4.78 is 25.8. The molecule has 6 aromatic rings. The largest absolute Gasteiger partial charge is 0.496 e. The number of para-hydroxylation sites is 1. The Hall–Kier alpha value is -5.15. The molecule has 0 amide bonds. The van der Waals surface area contributed by atoms with E-state index in [1.54, 1.807) is 25.6 Å². The van der Waals surface area contributed by atoms with E-state index in [-0.39, 0.29) is 5.91 Å². The molecule has 46 heavy (non-hydrogen) atoms. The molecule has 6 rings (SSSR count). The van der Waals surface area contributed by atoms with Crippen LogP contribution in [0.4, 0.5) is 0 Å². The first-order valence-electron chi connectivity index (χ1n) is 15.0. The number of nitrogens with zero attached hydrogens (tertiary/aromatic N) is 3. The van der Waals surface area contributed by atoms with Crippen LogP contribution in [0.3, 0.4) is 0 Å². The Balaban J connectivity index is 1.12. The topological polar surface area (TPSA) is 84.7 Å². The molecule has 0 atom stereocenters. The van der Waals surface area contributed by atoms with Crippen molar-refractivity contribution >= 4 is 27.5 Å². The van der Waals surface area contributed by atoms with Gasteiger partial charge in [-0.05, 0) is 97.8 Å². The minimum Gasteiger partial charge on any atom is -0.496 e. The van der Waals surface area contributed by atoms with Gasteiger partial charge in [0.15, 0.2) is 11.5 Å². The second kappa shape index (κ2) is 13.5. The standard InChI is InChI=1S/C37H35N3O5S/c1-23-19-28(21-34(43-5)24(23)2)31-22-32(40(39-31)25(3)41)27-13-16-33(42-4)35(20-27)45-18-8-17-44-29-14-11-26(12-15-29)37-38-30-9-6-7-10-36(30)46-37/h6-7,9-16,19-22H,8,17-18H2,1-5H3. The van der Waals surface area contributed by atoms with Crippen molar-refractivity contribution in [3.05, 3.63) is 96.1 Å². The Morgan fingerprint density at radius 2 is 1.50 bits per heavy atom. The van der Waals surface area contributed by atoms with Gasteiger partial charge in [0.2, 0.25) is 5.91 Å². The molecule has 0 saturated carbocycles. The summed E-state index contributed by atoms with van der Waals surface area (Å²) in [5.74, 6) is 2.55. The molecule has 0 N–H and O–H groups in total. The van der Waals surface area contributed by atoms with Gasteiger partial charge in [-0.25, -0.2) is 4.98 Å². The van der Waals surface area contributed by atoms with Crippen molar-refractivity contribution < 1.29 is 23.7 Å². The van der Waals surface area contributed by atoms with Crippen LogP contribution in [0.15, 0.2) is 84.9 Å². The van der Waals surface area contributed by atoms with Crippen LogP contribution in [0.25, 0.3) is 43.3 Å². The number of hydrogen-bond acceptors (Lipinski definition) is 8. The fourth-order valence-electron chi connectivity index (χ4n) is 5.22. The molecule has 2 aromatic heterocycles. The van der Waals surface area contributed by atoms with Gasteiger partial charge in [0, 0.05) is 30.0 Å². The van der Waals surface area contributed by atoms with E-state index in [2.05, 4.69) is 17.2 Å². The zero-order valence-electron chi connectivity index (χ0n) is 26.5. The van der Waals surface area contributed by atoms with Crippen LogP contribution in [0.5, 0.6) is 23.0 Å². The number of aromatic nitrogens is 3. The average molecular weight is 634 g/mol. The molecule has 0 spiro atoms. The van der Waals surface area contributed by atoms with Crippen LogP contribution in [0, 0.1) is 13.8 Å². The zero-order valence-corrected chi connectivity index (χ0v) is 27.3. The highest BCUT2D eigenvalue weighted by molar-refractivity contribution is 7.21. The predicted octanol–water partition coefficient (Wildman–Crippen LogP) is 8.64. The van der Waals surface area contributed by atoms with Crippen LogP contribution in [0.1, 0.15) is 29.3 Å². The molecule has 234 valence electrons. The number of carbonyl (C=O) groups excluding carboxylic acids is 1. The molecule has 0 fully saturated rings. The smallest absolute Gasteiger partial charge is 0.244 e. The van der Waals surface area contributed by atoms with Gasteiger partial charge in [0.1, 0.15) is 16.5 Å². The van der Waals surface area contributed by atoms with E-state index in [9.17, 15) is 4.79 Å². The molecule has 0 saturated heterocycles. The minimum atomic E-state index is -0.194. The number of aryl methyl sites for hydroxylation is 1. The molecule has 9 heteroatoms. The van der Waals surface area contributed by atoms with Crippen LogP contribution < -0.4 is 18.9 Å². The minimum absolute atomic E-state index is 0.194. The first kappa shape index (κ1) is 30.9. The molecular weight excluding hydrogens is 598 g/mol. The van der Waals surface area contributed by atoms with Crippen molar-refractivity contribution in [1.29, 1.82) is 0 Å². The lowest BCUT2D eigenvalue weighted by atomic mass is 10.0. The highest BCUT2D eigenvalue weighted by Gasteiger charge is 2.18. The molecule has 0 bridgehead atoms. The van der Waals surface area contributed by atoms with Crippen molar-refractivity contribution in [3.8, 4) is 56.1 Å². The molecular formula is C37H35N3O5S. The second-order valence-corrected chi connectivity index (χ2v) is 11.9. The molecule has 8 nitrogen and oxygen atoms in total. The van der Waals surface area contributed by atoms with Crippen LogP contribution in [0.2, 0.25) is 0 Å². The molecule has 4 aromatic carbocycles. The monoisotopic (exact) mass is 633 g/mol. The maximum atomic E-state index is 12.6. The Morgan fingerprint density at radius 1 is 0.783 bits per heavy atom. The van der Waals surface area contributed by atoms with Gasteiger partial charge in [-0.1, -0.05) is 12.1 Å². The fourth-order valence-corrected chi connectivity index (χ4v) is 6.20. The maximum absolute atomic E-state index is 12.6. The van der Waals surface area contributed by atoms with E-state index in [1.807, 2.05) is 86.6 Å². The number of hydrogen-bond donors (Lipinski definition) is 0. The second-order valence-electron chi connectivity index (χ2n) is 10.9. The van der Waals surface area contributed by atoms with Gasteiger partial charge in [0.25, 0.3) is 0 Å². The summed E-state index contributed by atoms with van der Waals surface area (Å²) in [7, 11) is 3.26. The Bertz CT molecular complexity index is 1980. The van der Waals surface area contributed by atoms with Gasteiger partial charge < -0.3 is 18.9 Å². The van der Waals surface area contributed by atoms with Crippen LogP contribution in [-0.4, -0.2) is 48.1 Å². The fraction of sp³-hybridized carbons (Fsp3) is 0.216. The average Bonchev–Trinajstić information content (AvgIpc) is 3.72. The Kier molecular flexibility index (Phi) is 9.03. The molecule has 0 aliphatic carbocycles. The van der Waals surface area contributed by atoms with Gasteiger partial charge in [-0.2, -0.15) is 9.78 Å². The lowest BCUT2D eigenvalue weighted by Gasteiger charge is -2.13. The Morgan fingerprint density at radius 3 is 2.24 bits per heavy atom. The molecule has 0 aliphatic rings. The number of rotatable bonds is 11. The van der Waals surface area contributed by atoms with Gasteiger partial charge in [-0.15, -0.1) is 11.3 Å². The van der Waals surface area contributed by atoms with Crippen molar-refractivity contribution in [3.63, 3.8) is 0 Å². The number of thiazole rings is 1. The van der Waals surface area contributed by atoms with Crippen LogP contribution >= 0.6 is 11.3 Å². The van der Waals surface area contributed by atoms with Crippen molar-refractivity contribution in [1.82, 2.24) is 14.8 Å². The van der Waals surface area contributed by atoms with Crippen molar-refractivity contribution in [2.24, 2.45) is 0 Å². The number of benzene rings is 4. The third-order valence-corrected chi connectivity index (χ3v) is 8.90. The SMILES string of the molecule is COc1ccc(-c2cc(-c3cc(C)c(C)c(OC)c3)nn2C(C)=O)cc1OCCCOc1ccc(-c2nc3ccccc3s2)cc1. The van der Waals surface area contributed by atoms with Crippen LogP contribution in [-0.2, 0) is 0 Å². The molecule has 0 aliphatic heterocycles. The number of carbonyl (C=O) groups is 1. The van der Waals surface area contributed by atoms with E-state index in [1.165, 1.54) is 16.3 Å². The van der Waals surface area contributed by atoms with E-state index in [4.69, 9.17) is 23.9 Å². The Labute approximate surface area is 272 Å². The maximum Gasteiger partial charge on any atom is 0.244 e. The summed E-state index contributed by atoms with van der Waals surface area (Å²) in [6, 6.07) is 27.7. The van der Waals surface area contributed by atoms with Crippen molar-refractivity contribution in [2.45, 2.75) is 27.2 Å². The van der Waals surface area contributed by atoms with E-state index >= 15 is 0 Å². The first-order valence-corrected chi connectivity index (χ1v) is 15.8. The lowest BCUT2D eigenvalue weighted by Crippen LogP contribution is -2.09. The van der Waals surface area contributed by atoms with Gasteiger partial charge >= 0.3 is 0 Å². The summed E-state index contributed by atoms with van der Waals surface area (Å²) in [5.41, 5.74) is 7.22.